The van der Waals surface area contributed by atoms with Gasteiger partial charge in [-0.2, -0.15) is 0 Å². The van der Waals surface area contributed by atoms with Gasteiger partial charge in [0.15, 0.2) is 11.6 Å². The Bertz CT molecular complexity index is 823. The summed E-state index contributed by atoms with van der Waals surface area (Å²) < 4.78 is 13.9. The highest BCUT2D eigenvalue weighted by molar-refractivity contribution is 9.10. The molecule has 0 fully saturated rings. The highest BCUT2D eigenvalue weighted by Crippen LogP contribution is 2.28. The Morgan fingerprint density at radius 3 is 2.22 bits per heavy atom. The molecule has 0 aliphatic carbocycles. The molecule has 0 amide bonds. The molecular formula is C16H13BrFN5. The number of aromatic nitrogens is 2. The van der Waals surface area contributed by atoms with E-state index in [1.165, 1.54) is 18.5 Å². The lowest BCUT2D eigenvalue weighted by Crippen LogP contribution is -2.05. The van der Waals surface area contributed by atoms with Gasteiger partial charge in [0, 0.05) is 15.8 Å². The van der Waals surface area contributed by atoms with E-state index in [1.807, 2.05) is 24.3 Å². The number of hydrogen-bond acceptors (Lipinski definition) is 5. The van der Waals surface area contributed by atoms with Crippen molar-refractivity contribution in [3.63, 3.8) is 0 Å². The Balaban J connectivity index is 1.84. The summed E-state index contributed by atoms with van der Waals surface area (Å²) >= 11 is 3.41. The van der Waals surface area contributed by atoms with E-state index >= 15 is 0 Å². The first-order valence-electron chi connectivity index (χ1n) is 6.77. The van der Waals surface area contributed by atoms with Crippen LogP contribution in [0.15, 0.2) is 59.3 Å². The van der Waals surface area contributed by atoms with Crippen molar-refractivity contribution in [3.05, 3.63) is 65.1 Å². The molecule has 0 radical (unpaired) electrons. The maximum absolute atomic E-state index is 13.0. The Morgan fingerprint density at radius 2 is 1.57 bits per heavy atom. The van der Waals surface area contributed by atoms with Gasteiger partial charge in [0.25, 0.3) is 0 Å². The predicted molar refractivity (Wildman–Crippen MR) is 93.6 cm³/mol. The Hall–Kier alpha value is -2.67. The van der Waals surface area contributed by atoms with E-state index < -0.39 is 0 Å². The normalized spacial score (nSPS) is 10.3. The summed E-state index contributed by atoms with van der Waals surface area (Å²) in [6.07, 6.45) is 1.41. The smallest absolute Gasteiger partial charge is 0.159 e. The van der Waals surface area contributed by atoms with Crippen LogP contribution in [0.2, 0.25) is 0 Å². The van der Waals surface area contributed by atoms with Gasteiger partial charge in [0.1, 0.15) is 17.8 Å². The highest BCUT2D eigenvalue weighted by Gasteiger charge is 2.09. The van der Waals surface area contributed by atoms with Gasteiger partial charge in [-0.25, -0.2) is 14.4 Å². The summed E-state index contributed by atoms with van der Waals surface area (Å²) in [5, 5.41) is 6.19. The largest absolute Gasteiger partial charge is 0.393 e. The molecular weight excluding hydrogens is 361 g/mol. The average Bonchev–Trinajstić information content (AvgIpc) is 2.53. The molecule has 1 heterocycles. The molecule has 4 N–H and O–H groups in total. The second-order valence-corrected chi connectivity index (χ2v) is 5.67. The zero-order valence-corrected chi connectivity index (χ0v) is 13.5. The van der Waals surface area contributed by atoms with Crippen molar-refractivity contribution in [1.29, 1.82) is 0 Å². The van der Waals surface area contributed by atoms with Gasteiger partial charge in [0.05, 0.1) is 0 Å². The van der Waals surface area contributed by atoms with Crippen LogP contribution < -0.4 is 16.4 Å². The van der Waals surface area contributed by atoms with E-state index in [9.17, 15) is 4.39 Å². The zero-order chi connectivity index (χ0) is 16.2. The molecule has 7 heteroatoms. The van der Waals surface area contributed by atoms with Gasteiger partial charge in [-0.3, -0.25) is 0 Å². The number of nitrogens with two attached hydrogens (primary N) is 1. The quantitative estimate of drug-likeness (QED) is 0.629. The third kappa shape index (κ3) is 3.75. The van der Waals surface area contributed by atoms with Crippen LogP contribution in [0.5, 0.6) is 0 Å². The Kier molecular flexibility index (Phi) is 4.38. The highest BCUT2D eigenvalue weighted by atomic mass is 79.9. The van der Waals surface area contributed by atoms with Crippen molar-refractivity contribution in [2.75, 3.05) is 16.4 Å². The molecule has 0 saturated heterocycles. The van der Waals surface area contributed by atoms with E-state index in [0.29, 0.717) is 23.0 Å². The van der Waals surface area contributed by atoms with Crippen LogP contribution in [0.3, 0.4) is 0 Å². The SMILES string of the molecule is Nc1c(Nc2ccc(F)cc2)ncnc1Nc1cccc(Br)c1. The lowest BCUT2D eigenvalue weighted by Gasteiger charge is -2.12. The van der Waals surface area contributed by atoms with Crippen molar-refractivity contribution in [2.24, 2.45) is 0 Å². The lowest BCUT2D eigenvalue weighted by atomic mass is 10.3. The third-order valence-electron chi connectivity index (χ3n) is 3.08. The minimum absolute atomic E-state index is 0.303. The molecule has 23 heavy (non-hydrogen) atoms. The third-order valence-corrected chi connectivity index (χ3v) is 3.57. The standard InChI is InChI=1S/C16H13BrFN5/c17-10-2-1-3-13(8-10)23-16-14(19)15(20-9-21-16)22-12-6-4-11(18)5-7-12/h1-9H,19H2,(H2,20,21,22,23). The maximum Gasteiger partial charge on any atom is 0.159 e. The Labute approximate surface area is 140 Å². The van der Waals surface area contributed by atoms with Crippen molar-refractivity contribution in [2.45, 2.75) is 0 Å². The van der Waals surface area contributed by atoms with Crippen LogP contribution in [-0.2, 0) is 0 Å². The summed E-state index contributed by atoms with van der Waals surface area (Å²) in [7, 11) is 0. The predicted octanol–water partition coefficient (Wildman–Crippen LogP) is 4.45. The van der Waals surface area contributed by atoms with Crippen LogP contribution in [-0.4, -0.2) is 9.97 Å². The fraction of sp³-hybridized carbons (Fsp3) is 0. The van der Waals surface area contributed by atoms with Crippen molar-refractivity contribution >= 4 is 44.6 Å². The van der Waals surface area contributed by atoms with E-state index in [2.05, 4.69) is 36.5 Å². The molecule has 0 spiro atoms. The van der Waals surface area contributed by atoms with Crippen LogP contribution in [0.25, 0.3) is 0 Å². The molecule has 0 aliphatic heterocycles. The zero-order valence-electron chi connectivity index (χ0n) is 11.9. The molecule has 0 bridgehead atoms. The maximum atomic E-state index is 13.0. The van der Waals surface area contributed by atoms with Crippen molar-refractivity contribution in [1.82, 2.24) is 9.97 Å². The first-order chi connectivity index (χ1) is 11.1. The van der Waals surface area contributed by atoms with Crippen LogP contribution in [0.1, 0.15) is 0 Å². The van der Waals surface area contributed by atoms with Crippen LogP contribution in [0, 0.1) is 5.82 Å². The summed E-state index contributed by atoms with van der Waals surface area (Å²) in [5.74, 6) is 0.634. The Morgan fingerprint density at radius 1 is 0.913 bits per heavy atom. The number of nitrogens with one attached hydrogen (secondary N) is 2. The van der Waals surface area contributed by atoms with Crippen molar-refractivity contribution < 1.29 is 4.39 Å². The molecule has 5 nitrogen and oxygen atoms in total. The number of halogens is 2. The molecule has 2 aromatic carbocycles. The summed E-state index contributed by atoms with van der Waals surface area (Å²) in [5.41, 5.74) is 8.01. The summed E-state index contributed by atoms with van der Waals surface area (Å²) in [6, 6.07) is 13.6. The average molecular weight is 374 g/mol. The second-order valence-electron chi connectivity index (χ2n) is 4.75. The summed E-state index contributed by atoms with van der Waals surface area (Å²) in [4.78, 5) is 8.28. The topological polar surface area (TPSA) is 75.9 Å². The van der Waals surface area contributed by atoms with Gasteiger partial charge in [-0.1, -0.05) is 22.0 Å². The lowest BCUT2D eigenvalue weighted by molar-refractivity contribution is 0.628. The number of rotatable bonds is 4. The van der Waals surface area contributed by atoms with Crippen molar-refractivity contribution in [3.8, 4) is 0 Å². The molecule has 0 atom stereocenters. The first kappa shape index (κ1) is 15.2. The van der Waals surface area contributed by atoms with Crippen LogP contribution >= 0.6 is 15.9 Å². The fourth-order valence-electron chi connectivity index (χ4n) is 1.97. The number of hydrogen-bond donors (Lipinski definition) is 3. The van der Waals surface area contributed by atoms with Crippen LogP contribution in [0.4, 0.5) is 33.1 Å². The molecule has 3 rings (SSSR count). The van der Waals surface area contributed by atoms with E-state index in [0.717, 1.165) is 10.2 Å². The molecule has 0 unspecified atom stereocenters. The van der Waals surface area contributed by atoms with Gasteiger partial charge in [-0.05, 0) is 42.5 Å². The monoisotopic (exact) mass is 373 g/mol. The number of anilines is 5. The van der Waals surface area contributed by atoms with E-state index in [-0.39, 0.29) is 5.82 Å². The summed E-state index contributed by atoms with van der Waals surface area (Å²) in [6.45, 7) is 0. The van der Waals surface area contributed by atoms with Gasteiger partial charge < -0.3 is 16.4 Å². The fourth-order valence-corrected chi connectivity index (χ4v) is 2.37. The van der Waals surface area contributed by atoms with Gasteiger partial charge in [-0.15, -0.1) is 0 Å². The van der Waals surface area contributed by atoms with Gasteiger partial charge >= 0.3 is 0 Å². The molecule has 0 saturated carbocycles. The number of nitrogens with zero attached hydrogens (tertiary/aromatic N) is 2. The molecule has 3 aromatic rings. The number of nitrogen functional groups attached to an aromatic ring is 1. The van der Waals surface area contributed by atoms with E-state index in [1.54, 1.807) is 12.1 Å². The second kappa shape index (κ2) is 6.62. The van der Waals surface area contributed by atoms with Gasteiger partial charge in [0.2, 0.25) is 0 Å². The molecule has 1 aromatic heterocycles. The number of benzene rings is 2. The first-order valence-corrected chi connectivity index (χ1v) is 7.57. The molecule has 116 valence electrons. The molecule has 0 aliphatic rings. The minimum Gasteiger partial charge on any atom is -0.393 e. The minimum atomic E-state index is -0.303. The van der Waals surface area contributed by atoms with E-state index in [4.69, 9.17) is 5.73 Å².